The van der Waals surface area contributed by atoms with E-state index in [4.69, 9.17) is 10.4 Å². The second-order valence-corrected chi connectivity index (χ2v) is 5.18. The summed E-state index contributed by atoms with van der Waals surface area (Å²) >= 11 is 0. The Morgan fingerprint density at radius 3 is 2.32 bits per heavy atom. The van der Waals surface area contributed by atoms with Crippen LogP contribution in [0.3, 0.4) is 0 Å². The summed E-state index contributed by atoms with van der Waals surface area (Å²) in [5.41, 5.74) is -0.133. The Bertz CT molecular complexity index is 437. The molecule has 1 unspecified atom stereocenters. The highest BCUT2D eigenvalue weighted by atomic mass is 16.4. The van der Waals surface area contributed by atoms with Crippen LogP contribution < -0.4 is 10.6 Å². The third kappa shape index (κ3) is 7.09. The molecule has 0 heterocycles. The molecule has 1 amide bonds. The fourth-order valence-electron chi connectivity index (χ4n) is 1.82. The fraction of sp³-hybridized carbons (Fsp3) is 0.667. The zero-order valence-corrected chi connectivity index (χ0v) is 13.7. The molecule has 0 saturated carbocycles. The molecule has 0 fully saturated rings. The summed E-state index contributed by atoms with van der Waals surface area (Å²) in [7, 11) is 0. The third-order valence-electron chi connectivity index (χ3n) is 3.30. The summed E-state index contributed by atoms with van der Waals surface area (Å²) in [5, 5.41) is 23.3. The lowest BCUT2D eigenvalue weighted by Gasteiger charge is -2.18. The number of nitrogens with zero attached hydrogens (tertiary/aromatic N) is 2. The molecule has 0 aliphatic rings. The number of likely N-dealkylation sites (N-methyl/N-ethyl adjacent to an activating group) is 1. The Hall–Kier alpha value is -2.07. The molecule has 0 rings (SSSR count). The molecule has 124 valence electrons. The van der Waals surface area contributed by atoms with Gasteiger partial charge in [-0.1, -0.05) is 27.7 Å². The highest BCUT2D eigenvalue weighted by molar-refractivity contribution is 5.99. The van der Waals surface area contributed by atoms with E-state index in [0.717, 1.165) is 19.6 Å². The van der Waals surface area contributed by atoms with Crippen molar-refractivity contribution in [3.8, 4) is 6.07 Å². The Labute approximate surface area is 132 Å². The van der Waals surface area contributed by atoms with Gasteiger partial charge in [-0.05, 0) is 19.0 Å². The number of carboxylic acids is 1. The van der Waals surface area contributed by atoms with E-state index in [2.05, 4.69) is 29.4 Å². The standard InChI is InChI=1S/C15H26N4O3/c1-5-19(6-2)8-7-17-10-12(9-16)14(20)18-13(11(3)4)15(21)22/h10-11,13,17H,5-8H2,1-4H3,(H,18,20)(H,21,22)/b12-10-. The van der Waals surface area contributed by atoms with Crippen LogP contribution in [0.1, 0.15) is 27.7 Å². The monoisotopic (exact) mass is 310 g/mol. The summed E-state index contributed by atoms with van der Waals surface area (Å²) in [6.07, 6.45) is 1.33. The van der Waals surface area contributed by atoms with E-state index in [9.17, 15) is 9.59 Å². The van der Waals surface area contributed by atoms with Gasteiger partial charge in [0.1, 0.15) is 17.7 Å². The first-order valence-corrected chi connectivity index (χ1v) is 7.46. The largest absolute Gasteiger partial charge is 0.480 e. The molecular formula is C15H26N4O3. The van der Waals surface area contributed by atoms with Crippen molar-refractivity contribution in [3.05, 3.63) is 11.8 Å². The van der Waals surface area contributed by atoms with Crippen LogP contribution >= 0.6 is 0 Å². The van der Waals surface area contributed by atoms with Gasteiger partial charge in [0.15, 0.2) is 0 Å². The smallest absolute Gasteiger partial charge is 0.326 e. The molecule has 0 aromatic rings. The molecule has 0 bridgehead atoms. The van der Waals surface area contributed by atoms with Gasteiger partial charge in [0, 0.05) is 19.3 Å². The molecule has 22 heavy (non-hydrogen) atoms. The number of carbonyl (C=O) groups is 2. The minimum atomic E-state index is -1.12. The zero-order valence-electron chi connectivity index (χ0n) is 13.7. The number of hydrogen-bond acceptors (Lipinski definition) is 5. The molecule has 0 spiro atoms. The summed E-state index contributed by atoms with van der Waals surface area (Å²) in [4.78, 5) is 25.2. The average Bonchev–Trinajstić information content (AvgIpc) is 2.47. The van der Waals surface area contributed by atoms with E-state index >= 15 is 0 Å². The summed E-state index contributed by atoms with van der Waals surface area (Å²) in [6.45, 7) is 10.8. The molecule has 0 aromatic heterocycles. The Balaban J connectivity index is 4.56. The van der Waals surface area contributed by atoms with Crippen molar-refractivity contribution in [1.29, 1.82) is 5.26 Å². The van der Waals surface area contributed by atoms with Gasteiger partial charge in [-0.25, -0.2) is 4.79 Å². The Morgan fingerprint density at radius 1 is 1.32 bits per heavy atom. The quantitative estimate of drug-likeness (QED) is 0.309. The number of nitrogens with one attached hydrogen (secondary N) is 2. The topological polar surface area (TPSA) is 105 Å². The second-order valence-electron chi connectivity index (χ2n) is 5.18. The van der Waals surface area contributed by atoms with Gasteiger partial charge >= 0.3 is 5.97 Å². The molecule has 0 saturated heterocycles. The number of aliphatic carboxylic acids is 1. The van der Waals surface area contributed by atoms with Crippen molar-refractivity contribution in [3.63, 3.8) is 0 Å². The van der Waals surface area contributed by atoms with Gasteiger partial charge in [0.2, 0.25) is 0 Å². The van der Waals surface area contributed by atoms with Crippen LogP contribution in [0.25, 0.3) is 0 Å². The van der Waals surface area contributed by atoms with Gasteiger partial charge < -0.3 is 20.6 Å². The number of rotatable bonds is 10. The van der Waals surface area contributed by atoms with Gasteiger partial charge in [-0.15, -0.1) is 0 Å². The van der Waals surface area contributed by atoms with E-state index in [1.165, 1.54) is 6.20 Å². The van der Waals surface area contributed by atoms with Crippen LogP contribution in [0.5, 0.6) is 0 Å². The van der Waals surface area contributed by atoms with Crippen molar-refractivity contribution >= 4 is 11.9 Å². The van der Waals surface area contributed by atoms with Crippen LogP contribution in [-0.2, 0) is 9.59 Å². The first-order chi connectivity index (χ1) is 10.4. The predicted octanol–water partition coefficient (Wildman–Crippen LogP) is 0.551. The molecular weight excluding hydrogens is 284 g/mol. The number of amides is 1. The first-order valence-electron chi connectivity index (χ1n) is 7.46. The van der Waals surface area contributed by atoms with Crippen molar-refractivity contribution < 1.29 is 14.7 Å². The summed E-state index contributed by atoms with van der Waals surface area (Å²) < 4.78 is 0. The maximum atomic E-state index is 11.9. The maximum Gasteiger partial charge on any atom is 0.326 e. The average molecular weight is 310 g/mol. The van der Waals surface area contributed by atoms with E-state index in [1.807, 2.05) is 0 Å². The second kappa shape index (κ2) is 10.6. The minimum absolute atomic E-state index is 0.133. The zero-order chi connectivity index (χ0) is 17.1. The summed E-state index contributed by atoms with van der Waals surface area (Å²) in [6, 6.07) is 0.767. The SMILES string of the molecule is CCN(CC)CCN/C=C(/C#N)C(=O)NC(C(=O)O)C(C)C. The van der Waals surface area contributed by atoms with Gasteiger partial charge in [0.05, 0.1) is 0 Å². The van der Waals surface area contributed by atoms with Crippen LogP contribution in [0.15, 0.2) is 11.8 Å². The summed E-state index contributed by atoms with van der Waals surface area (Å²) in [5.74, 6) is -2.06. The third-order valence-corrected chi connectivity index (χ3v) is 3.30. The van der Waals surface area contributed by atoms with Crippen molar-refractivity contribution in [1.82, 2.24) is 15.5 Å². The molecule has 3 N–H and O–H groups in total. The molecule has 0 radical (unpaired) electrons. The molecule has 7 nitrogen and oxygen atoms in total. The van der Waals surface area contributed by atoms with Crippen molar-refractivity contribution in [2.75, 3.05) is 26.2 Å². The van der Waals surface area contributed by atoms with Crippen LogP contribution in [0, 0.1) is 17.2 Å². The number of hydrogen-bond donors (Lipinski definition) is 3. The Morgan fingerprint density at radius 2 is 1.91 bits per heavy atom. The molecule has 7 heteroatoms. The van der Waals surface area contributed by atoms with E-state index in [-0.39, 0.29) is 11.5 Å². The highest BCUT2D eigenvalue weighted by Crippen LogP contribution is 2.03. The first kappa shape index (κ1) is 19.9. The normalized spacial score (nSPS) is 12.9. The maximum absolute atomic E-state index is 11.9. The highest BCUT2D eigenvalue weighted by Gasteiger charge is 2.24. The fourth-order valence-corrected chi connectivity index (χ4v) is 1.82. The lowest BCUT2D eigenvalue weighted by atomic mass is 10.0. The van der Waals surface area contributed by atoms with Crippen molar-refractivity contribution in [2.24, 2.45) is 5.92 Å². The van der Waals surface area contributed by atoms with Crippen LogP contribution in [-0.4, -0.2) is 54.1 Å². The number of carbonyl (C=O) groups excluding carboxylic acids is 1. The van der Waals surface area contributed by atoms with Gasteiger partial charge in [-0.3, -0.25) is 4.79 Å². The van der Waals surface area contributed by atoms with E-state index in [0.29, 0.717) is 6.54 Å². The van der Waals surface area contributed by atoms with Gasteiger partial charge in [-0.2, -0.15) is 5.26 Å². The number of nitriles is 1. The molecule has 0 aliphatic heterocycles. The van der Waals surface area contributed by atoms with Gasteiger partial charge in [0.25, 0.3) is 5.91 Å². The minimum Gasteiger partial charge on any atom is -0.480 e. The van der Waals surface area contributed by atoms with Crippen molar-refractivity contribution in [2.45, 2.75) is 33.7 Å². The van der Waals surface area contributed by atoms with E-state index in [1.54, 1.807) is 19.9 Å². The van der Waals surface area contributed by atoms with Crippen LogP contribution in [0.4, 0.5) is 0 Å². The molecule has 0 aromatic carbocycles. The lowest BCUT2D eigenvalue weighted by molar-refractivity contribution is -0.142. The molecule has 1 atom stereocenters. The Kier molecular flexibility index (Phi) is 9.63. The predicted molar refractivity (Wildman–Crippen MR) is 83.9 cm³/mol. The van der Waals surface area contributed by atoms with Crippen LogP contribution in [0.2, 0.25) is 0 Å². The molecule has 0 aliphatic carbocycles. The lowest BCUT2D eigenvalue weighted by Crippen LogP contribution is -2.45. The number of carboxylic acid groups (broad SMARTS) is 1. The van der Waals surface area contributed by atoms with E-state index < -0.39 is 17.9 Å².